The lowest BCUT2D eigenvalue weighted by Crippen LogP contribution is -2.27. The average Bonchev–Trinajstić information content (AvgIpc) is 2.30. The van der Waals surface area contributed by atoms with Gasteiger partial charge in [-0.3, -0.25) is 4.98 Å². The van der Waals surface area contributed by atoms with Crippen molar-refractivity contribution in [3.8, 4) is 0 Å². The molecule has 2 heterocycles. The molecule has 1 atom stereocenters. The van der Waals surface area contributed by atoms with Gasteiger partial charge in [-0.05, 0) is 30.4 Å². The molecule has 0 bridgehead atoms. The maximum absolute atomic E-state index is 6.17. The molecule has 1 aliphatic rings. The molecule has 0 aromatic carbocycles. The highest BCUT2D eigenvalue weighted by Gasteiger charge is 2.21. The second kappa shape index (κ2) is 7.85. The molecule has 2 rings (SSSR count). The Bertz CT molecular complexity index is 279. The lowest BCUT2D eigenvalue weighted by Gasteiger charge is -2.27. The molecule has 0 radical (unpaired) electrons. The molecule has 0 aliphatic carbocycles. The number of nitrogens with zero attached hydrogens (tertiary/aromatic N) is 1. The van der Waals surface area contributed by atoms with Gasteiger partial charge in [-0.25, -0.2) is 0 Å². The summed E-state index contributed by atoms with van der Waals surface area (Å²) >= 11 is 0. The number of aromatic nitrogens is 1. The minimum atomic E-state index is 0. The van der Waals surface area contributed by atoms with Crippen LogP contribution < -0.4 is 5.73 Å². The van der Waals surface area contributed by atoms with Gasteiger partial charge in [0.1, 0.15) is 0 Å². The summed E-state index contributed by atoms with van der Waals surface area (Å²) in [6.45, 7) is 1.69. The van der Waals surface area contributed by atoms with Crippen molar-refractivity contribution in [3.05, 3.63) is 30.1 Å². The van der Waals surface area contributed by atoms with Crippen molar-refractivity contribution in [2.45, 2.75) is 18.9 Å². The smallest absolute Gasteiger partial charge is 0.0469 e. The Morgan fingerprint density at radius 1 is 1.31 bits per heavy atom. The topological polar surface area (TPSA) is 48.1 Å². The van der Waals surface area contributed by atoms with Crippen LogP contribution in [0.4, 0.5) is 0 Å². The van der Waals surface area contributed by atoms with E-state index in [9.17, 15) is 0 Å². The third-order valence-corrected chi connectivity index (χ3v) is 2.84. The summed E-state index contributed by atoms with van der Waals surface area (Å²) in [5.74, 6) is 0.549. The largest absolute Gasteiger partial charge is 0.381 e. The SMILES string of the molecule is Cl.Cl.NC(c1cccnc1)C1CCOCC1. The fourth-order valence-electron chi connectivity index (χ4n) is 1.92. The molecule has 0 spiro atoms. The maximum Gasteiger partial charge on any atom is 0.0469 e. The van der Waals surface area contributed by atoms with Crippen LogP contribution in [0.5, 0.6) is 0 Å². The summed E-state index contributed by atoms with van der Waals surface area (Å²) < 4.78 is 5.31. The van der Waals surface area contributed by atoms with Gasteiger partial charge < -0.3 is 10.5 Å². The van der Waals surface area contributed by atoms with Crippen LogP contribution in [0.15, 0.2) is 24.5 Å². The van der Waals surface area contributed by atoms with E-state index in [2.05, 4.69) is 4.98 Å². The second-order valence-electron chi connectivity index (χ2n) is 3.76. The first kappa shape index (κ1) is 15.7. The van der Waals surface area contributed by atoms with E-state index in [0.29, 0.717) is 5.92 Å². The fraction of sp³-hybridized carbons (Fsp3) is 0.545. The zero-order valence-electron chi connectivity index (χ0n) is 9.04. The van der Waals surface area contributed by atoms with Gasteiger partial charge in [-0.1, -0.05) is 6.07 Å². The van der Waals surface area contributed by atoms with Gasteiger partial charge in [0.2, 0.25) is 0 Å². The van der Waals surface area contributed by atoms with Crippen LogP contribution in [0, 0.1) is 5.92 Å². The number of ether oxygens (including phenoxy) is 1. The number of rotatable bonds is 2. The predicted octanol–water partition coefficient (Wildman–Crippen LogP) is 2.35. The van der Waals surface area contributed by atoms with Crippen LogP contribution in [0.1, 0.15) is 24.4 Å². The molecule has 0 amide bonds. The molecule has 1 aromatic heterocycles. The highest BCUT2D eigenvalue weighted by Crippen LogP contribution is 2.27. The number of nitrogens with two attached hydrogens (primary N) is 1. The molecular formula is C11H18Cl2N2O. The summed E-state index contributed by atoms with van der Waals surface area (Å²) in [7, 11) is 0. The zero-order chi connectivity index (χ0) is 9.80. The molecule has 1 saturated heterocycles. The van der Waals surface area contributed by atoms with Gasteiger partial charge in [0, 0.05) is 31.6 Å². The molecule has 2 N–H and O–H groups in total. The van der Waals surface area contributed by atoms with Gasteiger partial charge in [0.25, 0.3) is 0 Å². The van der Waals surface area contributed by atoms with Crippen molar-refractivity contribution in [2.75, 3.05) is 13.2 Å². The Morgan fingerprint density at radius 3 is 2.56 bits per heavy atom. The summed E-state index contributed by atoms with van der Waals surface area (Å²) in [4.78, 5) is 4.09. The van der Waals surface area contributed by atoms with Gasteiger partial charge in [0.15, 0.2) is 0 Å². The molecule has 1 aliphatic heterocycles. The molecule has 92 valence electrons. The monoisotopic (exact) mass is 264 g/mol. The van der Waals surface area contributed by atoms with Gasteiger partial charge in [-0.2, -0.15) is 0 Å². The van der Waals surface area contributed by atoms with Crippen LogP contribution in [0.3, 0.4) is 0 Å². The quantitative estimate of drug-likeness (QED) is 0.892. The minimum absolute atomic E-state index is 0. The van der Waals surface area contributed by atoms with Crippen molar-refractivity contribution in [2.24, 2.45) is 11.7 Å². The third-order valence-electron chi connectivity index (χ3n) is 2.84. The molecule has 5 heteroatoms. The standard InChI is InChI=1S/C11H16N2O.2ClH/c12-11(9-3-6-14-7-4-9)10-2-1-5-13-8-10;;/h1-2,5,8-9,11H,3-4,6-7,12H2;2*1H. The van der Waals surface area contributed by atoms with Gasteiger partial charge in [0.05, 0.1) is 0 Å². The van der Waals surface area contributed by atoms with Crippen LogP contribution in [0.25, 0.3) is 0 Å². The van der Waals surface area contributed by atoms with E-state index in [1.54, 1.807) is 6.20 Å². The molecule has 1 aromatic rings. The van der Waals surface area contributed by atoms with E-state index >= 15 is 0 Å². The first-order valence-corrected chi connectivity index (χ1v) is 5.11. The van der Waals surface area contributed by atoms with E-state index in [-0.39, 0.29) is 30.9 Å². The van der Waals surface area contributed by atoms with Crippen molar-refractivity contribution < 1.29 is 4.74 Å². The molecule has 1 unspecified atom stereocenters. The van der Waals surface area contributed by atoms with Crippen molar-refractivity contribution in [1.82, 2.24) is 4.98 Å². The number of hydrogen-bond acceptors (Lipinski definition) is 3. The molecule has 3 nitrogen and oxygen atoms in total. The molecule has 1 fully saturated rings. The van der Waals surface area contributed by atoms with E-state index < -0.39 is 0 Å². The summed E-state index contributed by atoms with van der Waals surface area (Å²) in [5, 5.41) is 0. The summed E-state index contributed by atoms with van der Waals surface area (Å²) in [6.07, 6.45) is 5.77. The number of halogens is 2. The van der Waals surface area contributed by atoms with Gasteiger partial charge in [-0.15, -0.1) is 24.8 Å². The van der Waals surface area contributed by atoms with E-state index in [1.165, 1.54) is 0 Å². The maximum atomic E-state index is 6.17. The van der Waals surface area contributed by atoms with Crippen LogP contribution in [0.2, 0.25) is 0 Å². The first-order chi connectivity index (χ1) is 6.88. The highest BCUT2D eigenvalue weighted by molar-refractivity contribution is 5.85. The van der Waals surface area contributed by atoms with E-state index in [1.807, 2.05) is 18.3 Å². The minimum Gasteiger partial charge on any atom is -0.381 e. The van der Waals surface area contributed by atoms with Crippen molar-refractivity contribution in [3.63, 3.8) is 0 Å². The number of pyridine rings is 1. The van der Waals surface area contributed by atoms with Crippen LogP contribution in [-0.2, 0) is 4.74 Å². The van der Waals surface area contributed by atoms with Gasteiger partial charge >= 0.3 is 0 Å². The fourth-order valence-corrected chi connectivity index (χ4v) is 1.92. The van der Waals surface area contributed by atoms with E-state index in [0.717, 1.165) is 31.6 Å². The van der Waals surface area contributed by atoms with Crippen molar-refractivity contribution in [1.29, 1.82) is 0 Å². The molecular weight excluding hydrogens is 247 g/mol. The lowest BCUT2D eigenvalue weighted by atomic mass is 9.88. The normalized spacial score (nSPS) is 18.1. The average molecular weight is 265 g/mol. The third kappa shape index (κ3) is 3.91. The molecule has 0 saturated carbocycles. The van der Waals surface area contributed by atoms with Crippen molar-refractivity contribution >= 4 is 24.8 Å². The Morgan fingerprint density at radius 2 is 2.00 bits per heavy atom. The summed E-state index contributed by atoms with van der Waals surface area (Å²) in [6, 6.07) is 4.11. The summed E-state index contributed by atoms with van der Waals surface area (Å²) in [5.41, 5.74) is 7.31. The lowest BCUT2D eigenvalue weighted by molar-refractivity contribution is 0.0583. The Balaban J connectivity index is 0.00000112. The highest BCUT2D eigenvalue weighted by atomic mass is 35.5. The number of hydrogen-bond donors (Lipinski definition) is 1. The Hall–Kier alpha value is -0.350. The Kier molecular flexibility index (Phi) is 7.68. The second-order valence-corrected chi connectivity index (χ2v) is 3.76. The predicted molar refractivity (Wildman–Crippen MR) is 69.2 cm³/mol. The zero-order valence-corrected chi connectivity index (χ0v) is 10.7. The van der Waals surface area contributed by atoms with Crippen LogP contribution >= 0.6 is 24.8 Å². The van der Waals surface area contributed by atoms with Crippen LogP contribution in [-0.4, -0.2) is 18.2 Å². The van der Waals surface area contributed by atoms with E-state index in [4.69, 9.17) is 10.5 Å². The first-order valence-electron chi connectivity index (χ1n) is 5.11. The Labute approximate surface area is 109 Å². The molecule has 16 heavy (non-hydrogen) atoms.